The zero-order chi connectivity index (χ0) is 5.40. The normalized spacial score (nSPS) is 17.6. The van der Waals surface area contributed by atoms with E-state index < -0.39 is 0 Å². The van der Waals surface area contributed by atoms with E-state index in [0.717, 1.165) is 6.54 Å². The molecule has 0 bridgehead atoms. The third kappa shape index (κ3) is 1.49. The molecule has 0 saturated heterocycles. The van der Waals surface area contributed by atoms with Gasteiger partial charge in [-0.05, 0) is 5.57 Å². The van der Waals surface area contributed by atoms with Gasteiger partial charge in [0, 0.05) is 30.7 Å². The Morgan fingerprint density at radius 1 is 1.40 bits per heavy atom. The summed E-state index contributed by atoms with van der Waals surface area (Å²) in [5.41, 5.74) is 2.55. The van der Waals surface area contributed by atoms with E-state index in [4.69, 9.17) is 0 Å². The highest BCUT2D eigenvalue weighted by atomic mass is 79.9. The minimum absolute atomic E-state index is 0. The lowest BCUT2D eigenvalue weighted by Gasteiger charge is -1.85. The SMILES string of the molecule is Br.Br.C1=NC=C2CNC=C12. The number of hydrogen-bond acceptors (Lipinski definition) is 2. The second-order valence-corrected chi connectivity index (χ2v) is 1.91. The molecule has 0 aromatic carbocycles. The quantitative estimate of drug-likeness (QED) is 0.709. The summed E-state index contributed by atoms with van der Waals surface area (Å²) in [6.45, 7) is 0.954. The lowest BCUT2D eigenvalue weighted by atomic mass is 10.2. The number of aliphatic imine (C=N–C) groups is 1. The zero-order valence-corrected chi connectivity index (χ0v) is 8.63. The molecule has 2 rings (SSSR count). The summed E-state index contributed by atoms with van der Waals surface area (Å²) >= 11 is 0. The van der Waals surface area contributed by atoms with E-state index in [1.54, 1.807) is 0 Å². The van der Waals surface area contributed by atoms with Gasteiger partial charge in [-0.3, -0.25) is 4.99 Å². The van der Waals surface area contributed by atoms with E-state index in [-0.39, 0.29) is 34.0 Å². The Balaban J connectivity index is 0.000000405. The van der Waals surface area contributed by atoms with Crippen LogP contribution in [0.5, 0.6) is 0 Å². The summed E-state index contributed by atoms with van der Waals surface area (Å²) < 4.78 is 0. The zero-order valence-electron chi connectivity index (χ0n) is 5.20. The first kappa shape index (κ1) is 9.91. The van der Waals surface area contributed by atoms with Gasteiger partial charge < -0.3 is 5.32 Å². The molecular weight excluding hydrogens is 260 g/mol. The minimum Gasteiger partial charge on any atom is -0.386 e. The predicted molar refractivity (Wildman–Crippen MR) is 53.3 cm³/mol. The van der Waals surface area contributed by atoms with E-state index in [1.807, 2.05) is 18.6 Å². The number of fused-ring (bicyclic) bond motifs is 1. The van der Waals surface area contributed by atoms with Gasteiger partial charge >= 0.3 is 0 Å². The van der Waals surface area contributed by atoms with Crippen LogP contribution in [0.2, 0.25) is 0 Å². The van der Waals surface area contributed by atoms with E-state index >= 15 is 0 Å². The largest absolute Gasteiger partial charge is 0.386 e. The van der Waals surface area contributed by atoms with Crippen molar-refractivity contribution >= 4 is 40.2 Å². The van der Waals surface area contributed by atoms with Crippen LogP contribution in [0.25, 0.3) is 0 Å². The minimum atomic E-state index is 0. The van der Waals surface area contributed by atoms with Gasteiger partial charge in [0.05, 0.1) is 0 Å². The van der Waals surface area contributed by atoms with Crippen LogP contribution in [0.1, 0.15) is 0 Å². The van der Waals surface area contributed by atoms with Crippen molar-refractivity contribution in [2.45, 2.75) is 0 Å². The molecule has 0 saturated carbocycles. The molecule has 4 heteroatoms. The fourth-order valence-electron chi connectivity index (χ4n) is 0.914. The number of nitrogens with zero attached hydrogens (tertiary/aromatic N) is 1. The van der Waals surface area contributed by atoms with Crippen molar-refractivity contribution < 1.29 is 0 Å². The standard InChI is InChI=1S/C6H6N2.2BrH/c1-5-2-8-4-6(5)3-7-1;;/h1-3,8H,4H2;2*1H. The van der Waals surface area contributed by atoms with Gasteiger partial charge in [-0.15, -0.1) is 34.0 Å². The second kappa shape index (κ2) is 3.93. The van der Waals surface area contributed by atoms with Gasteiger partial charge in [-0.1, -0.05) is 0 Å². The molecule has 0 unspecified atom stereocenters. The van der Waals surface area contributed by atoms with Gasteiger partial charge in [0.2, 0.25) is 0 Å². The molecule has 0 aromatic heterocycles. The number of nitrogens with one attached hydrogen (secondary N) is 1. The smallest absolute Gasteiger partial charge is 0.0417 e. The Morgan fingerprint density at radius 2 is 2.20 bits per heavy atom. The molecular formula is C6H8Br2N2. The van der Waals surface area contributed by atoms with Crippen LogP contribution >= 0.6 is 34.0 Å². The molecule has 2 aliphatic rings. The van der Waals surface area contributed by atoms with E-state index in [9.17, 15) is 0 Å². The Labute approximate surface area is 80.6 Å². The second-order valence-electron chi connectivity index (χ2n) is 1.91. The van der Waals surface area contributed by atoms with Crippen molar-refractivity contribution in [1.82, 2.24) is 5.32 Å². The fraction of sp³-hybridized carbons (Fsp3) is 0.167. The monoisotopic (exact) mass is 266 g/mol. The molecule has 2 nitrogen and oxygen atoms in total. The Bertz CT molecular complexity index is 206. The van der Waals surface area contributed by atoms with Crippen molar-refractivity contribution in [3.8, 4) is 0 Å². The van der Waals surface area contributed by atoms with Crippen molar-refractivity contribution in [3.05, 3.63) is 23.5 Å². The third-order valence-electron chi connectivity index (χ3n) is 1.36. The lowest BCUT2D eigenvalue weighted by Crippen LogP contribution is -1.99. The molecule has 56 valence electrons. The molecule has 2 heterocycles. The van der Waals surface area contributed by atoms with Crippen LogP contribution < -0.4 is 5.32 Å². The molecule has 0 aliphatic carbocycles. The highest BCUT2D eigenvalue weighted by Crippen LogP contribution is 2.15. The van der Waals surface area contributed by atoms with Crippen LogP contribution in [0.4, 0.5) is 0 Å². The Kier molecular flexibility index (Phi) is 3.89. The maximum atomic E-state index is 3.97. The molecule has 0 aromatic rings. The summed E-state index contributed by atoms with van der Waals surface area (Å²) in [4.78, 5) is 3.97. The molecule has 0 amide bonds. The third-order valence-corrected chi connectivity index (χ3v) is 1.36. The van der Waals surface area contributed by atoms with Crippen molar-refractivity contribution in [1.29, 1.82) is 0 Å². The van der Waals surface area contributed by atoms with Gasteiger partial charge in [0.25, 0.3) is 0 Å². The molecule has 0 radical (unpaired) electrons. The topological polar surface area (TPSA) is 24.4 Å². The summed E-state index contributed by atoms with van der Waals surface area (Å²) in [6, 6.07) is 0. The summed E-state index contributed by atoms with van der Waals surface area (Å²) in [5.74, 6) is 0. The number of hydrogen-bond donors (Lipinski definition) is 1. The lowest BCUT2D eigenvalue weighted by molar-refractivity contribution is 1.00. The van der Waals surface area contributed by atoms with E-state index in [1.165, 1.54) is 11.1 Å². The summed E-state index contributed by atoms with van der Waals surface area (Å²) in [6.07, 6.45) is 5.75. The molecule has 0 atom stereocenters. The van der Waals surface area contributed by atoms with Crippen LogP contribution in [0.15, 0.2) is 28.5 Å². The summed E-state index contributed by atoms with van der Waals surface area (Å²) in [7, 11) is 0. The predicted octanol–water partition coefficient (Wildman–Crippen LogP) is 1.60. The maximum absolute atomic E-state index is 3.97. The van der Waals surface area contributed by atoms with Crippen LogP contribution in [-0.4, -0.2) is 12.8 Å². The van der Waals surface area contributed by atoms with Gasteiger partial charge in [0.1, 0.15) is 0 Å². The van der Waals surface area contributed by atoms with Crippen molar-refractivity contribution in [3.63, 3.8) is 0 Å². The molecule has 0 spiro atoms. The molecule has 2 aliphatic heterocycles. The fourth-order valence-corrected chi connectivity index (χ4v) is 0.914. The van der Waals surface area contributed by atoms with E-state index in [0.29, 0.717) is 0 Å². The summed E-state index contributed by atoms with van der Waals surface area (Å²) in [5, 5.41) is 3.10. The van der Waals surface area contributed by atoms with Gasteiger partial charge in [0.15, 0.2) is 0 Å². The first-order valence-corrected chi connectivity index (χ1v) is 2.63. The first-order chi connectivity index (χ1) is 3.97. The molecule has 0 fully saturated rings. The number of rotatable bonds is 0. The van der Waals surface area contributed by atoms with Crippen molar-refractivity contribution in [2.75, 3.05) is 6.54 Å². The Hall–Kier alpha value is -0.0900. The average molecular weight is 268 g/mol. The van der Waals surface area contributed by atoms with Crippen molar-refractivity contribution in [2.24, 2.45) is 4.99 Å². The Morgan fingerprint density at radius 3 is 2.90 bits per heavy atom. The molecule has 10 heavy (non-hydrogen) atoms. The van der Waals surface area contributed by atoms with Crippen LogP contribution in [0, 0.1) is 0 Å². The average Bonchev–Trinajstić information content (AvgIpc) is 2.15. The maximum Gasteiger partial charge on any atom is 0.0417 e. The highest BCUT2D eigenvalue weighted by molar-refractivity contribution is 8.93. The van der Waals surface area contributed by atoms with Gasteiger partial charge in [-0.2, -0.15) is 0 Å². The van der Waals surface area contributed by atoms with Gasteiger partial charge in [-0.25, -0.2) is 0 Å². The van der Waals surface area contributed by atoms with Crippen LogP contribution in [0.3, 0.4) is 0 Å². The molecule has 1 N–H and O–H groups in total. The number of halogens is 2. The first-order valence-electron chi connectivity index (χ1n) is 2.63. The van der Waals surface area contributed by atoms with Crippen LogP contribution in [-0.2, 0) is 0 Å². The highest BCUT2D eigenvalue weighted by Gasteiger charge is 2.10. The van der Waals surface area contributed by atoms with E-state index in [2.05, 4.69) is 10.3 Å².